The first-order valence-electron chi connectivity index (χ1n) is 8.72. The number of hydrogen-bond acceptors (Lipinski definition) is 5. The van der Waals surface area contributed by atoms with E-state index in [1.165, 1.54) is 24.2 Å². The van der Waals surface area contributed by atoms with E-state index in [0.717, 1.165) is 18.5 Å². The van der Waals surface area contributed by atoms with Crippen molar-refractivity contribution in [3.63, 3.8) is 0 Å². The number of rotatable bonds is 4. The van der Waals surface area contributed by atoms with Crippen LogP contribution in [0.15, 0.2) is 28.5 Å². The quantitative estimate of drug-likeness (QED) is 0.910. The fraction of sp³-hybridized carbons (Fsp3) is 0.529. The maximum atomic E-state index is 12.2. The van der Waals surface area contributed by atoms with Crippen molar-refractivity contribution >= 4 is 22.5 Å². The summed E-state index contributed by atoms with van der Waals surface area (Å²) in [6.07, 6.45) is 5.79. The summed E-state index contributed by atoms with van der Waals surface area (Å²) in [5, 5.41) is 9.82. The number of amides is 2. The van der Waals surface area contributed by atoms with Gasteiger partial charge < -0.3 is 4.90 Å². The highest BCUT2D eigenvalue weighted by atomic mass is 32.1. The Kier molecular flexibility index (Phi) is 4.52. The topological polar surface area (TPSA) is 80.1 Å². The van der Waals surface area contributed by atoms with Crippen molar-refractivity contribution in [2.45, 2.75) is 38.1 Å². The van der Waals surface area contributed by atoms with Crippen molar-refractivity contribution in [3.8, 4) is 0 Å². The van der Waals surface area contributed by atoms with Crippen LogP contribution in [0.5, 0.6) is 0 Å². The Balaban J connectivity index is 1.32. The number of thiazole rings is 1. The fourth-order valence-corrected chi connectivity index (χ4v) is 3.73. The molecule has 0 aromatic carbocycles. The van der Waals surface area contributed by atoms with Crippen LogP contribution in [0.1, 0.15) is 37.3 Å². The van der Waals surface area contributed by atoms with Gasteiger partial charge in [0.25, 0.3) is 5.56 Å². The molecule has 7 nitrogen and oxygen atoms in total. The molecule has 0 spiro atoms. The van der Waals surface area contributed by atoms with E-state index in [1.54, 1.807) is 16.9 Å². The van der Waals surface area contributed by atoms with Gasteiger partial charge in [-0.1, -0.05) is 0 Å². The SMILES string of the molecule is O=C(Nc1nccs1)N1CCC(Cn2nc(C3CC3)ccc2=O)CC1. The minimum absolute atomic E-state index is 0.0339. The third-order valence-corrected chi connectivity index (χ3v) is 5.55. The van der Waals surface area contributed by atoms with Crippen molar-refractivity contribution in [2.75, 3.05) is 18.4 Å². The van der Waals surface area contributed by atoms with Gasteiger partial charge >= 0.3 is 6.03 Å². The van der Waals surface area contributed by atoms with Crippen molar-refractivity contribution in [2.24, 2.45) is 5.92 Å². The number of anilines is 1. The molecule has 2 aromatic heterocycles. The largest absolute Gasteiger partial charge is 0.324 e. The standard InChI is InChI=1S/C17H21N5O2S/c23-15-4-3-14(13-1-2-13)20-22(15)11-12-5-8-21(9-6-12)17(24)19-16-18-7-10-25-16/h3-4,7,10,12-13H,1-2,5-6,8-9,11H2,(H,18,19,24). The van der Waals surface area contributed by atoms with Gasteiger partial charge in [0, 0.05) is 43.2 Å². The molecule has 2 aliphatic rings. The third kappa shape index (κ3) is 3.89. The number of nitrogens with zero attached hydrogens (tertiary/aromatic N) is 4. The Morgan fingerprint density at radius 3 is 2.72 bits per heavy atom. The van der Waals surface area contributed by atoms with E-state index < -0.39 is 0 Å². The van der Waals surface area contributed by atoms with E-state index in [1.807, 2.05) is 16.3 Å². The summed E-state index contributed by atoms with van der Waals surface area (Å²) in [6, 6.07) is 3.40. The smallest absolute Gasteiger partial charge is 0.323 e. The van der Waals surface area contributed by atoms with Gasteiger partial charge in [-0.25, -0.2) is 14.5 Å². The Bertz CT molecular complexity index is 792. The highest BCUT2D eigenvalue weighted by Crippen LogP contribution is 2.38. The van der Waals surface area contributed by atoms with Crippen molar-refractivity contribution in [1.82, 2.24) is 19.7 Å². The zero-order valence-corrected chi connectivity index (χ0v) is 14.7. The zero-order valence-electron chi connectivity index (χ0n) is 13.9. The number of urea groups is 1. The summed E-state index contributed by atoms with van der Waals surface area (Å²) in [5.41, 5.74) is 1.01. The molecular weight excluding hydrogens is 338 g/mol. The van der Waals surface area contributed by atoms with Crippen LogP contribution in [0.4, 0.5) is 9.93 Å². The Labute approximate surface area is 149 Å². The monoisotopic (exact) mass is 359 g/mol. The van der Waals surface area contributed by atoms with Gasteiger partial charge in [-0.2, -0.15) is 5.10 Å². The summed E-state index contributed by atoms with van der Waals surface area (Å²) < 4.78 is 1.61. The predicted octanol–water partition coefficient (Wildman–Crippen LogP) is 2.52. The zero-order chi connectivity index (χ0) is 17.2. The second kappa shape index (κ2) is 6.95. The van der Waals surface area contributed by atoms with Crippen LogP contribution in [0.25, 0.3) is 0 Å². The predicted molar refractivity (Wildman–Crippen MR) is 95.9 cm³/mol. The lowest BCUT2D eigenvalue weighted by molar-refractivity contribution is 0.174. The van der Waals surface area contributed by atoms with E-state index in [4.69, 9.17) is 0 Å². The lowest BCUT2D eigenvalue weighted by Crippen LogP contribution is -2.42. The summed E-state index contributed by atoms with van der Waals surface area (Å²) >= 11 is 1.41. The van der Waals surface area contributed by atoms with Crippen LogP contribution < -0.4 is 10.9 Å². The highest BCUT2D eigenvalue weighted by molar-refractivity contribution is 7.13. The molecule has 1 saturated heterocycles. The summed E-state index contributed by atoms with van der Waals surface area (Å²) in [4.78, 5) is 30.2. The molecule has 25 heavy (non-hydrogen) atoms. The molecule has 4 rings (SSSR count). The van der Waals surface area contributed by atoms with Crippen molar-refractivity contribution in [1.29, 1.82) is 0 Å². The molecule has 0 atom stereocenters. The molecule has 0 unspecified atom stereocenters. The minimum Gasteiger partial charge on any atom is -0.324 e. The number of piperidine rings is 1. The highest BCUT2D eigenvalue weighted by Gasteiger charge is 2.27. The molecule has 8 heteroatoms. The van der Waals surface area contributed by atoms with Crippen LogP contribution in [0, 0.1) is 5.92 Å². The molecule has 1 N–H and O–H groups in total. The van der Waals surface area contributed by atoms with Gasteiger partial charge in [0.15, 0.2) is 5.13 Å². The maximum absolute atomic E-state index is 12.2. The van der Waals surface area contributed by atoms with E-state index in [-0.39, 0.29) is 11.6 Å². The third-order valence-electron chi connectivity index (χ3n) is 4.86. The molecule has 132 valence electrons. The number of hydrogen-bond donors (Lipinski definition) is 1. The van der Waals surface area contributed by atoms with E-state index in [9.17, 15) is 9.59 Å². The molecule has 3 heterocycles. The minimum atomic E-state index is -0.0978. The number of nitrogens with one attached hydrogen (secondary N) is 1. The lowest BCUT2D eigenvalue weighted by atomic mass is 9.97. The molecule has 2 fully saturated rings. The van der Waals surface area contributed by atoms with E-state index >= 15 is 0 Å². The van der Waals surface area contributed by atoms with Crippen LogP contribution in [0.3, 0.4) is 0 Å². The lowest BCUT2D eigenvalue weighted by Gasteiger charge is -2.31. The van der Waals surface area contributed by atoms with E-state index in [2.05, 4.69) is 15.4 Å². The van der Waals surface area contributed by atoms with Crippen LogP contribution in [-0.4, -0.2) is 38.8 Å². The number of carbonyl (C=O) groups is 1. The van der Waals surface area contributed by atoms with Crippen molar-refractivity contribution < 1.29 is 4.79 Å². The normalized spacial score (nSPS) is 18.3. The Morgan fingerprint density at radius 1 is 1.24 bits per heavy atom. The maximum Gasteiger partial charge on any atom is 0.323 e. The van der Waals surface area contributed by atoms with Crippen LogP contribution in [-0.2, 0) is 6.54 Å². The molecular formula is C17H21N5O2S. The van der Waals surface area contributed by atoms with Gasteiger partial charge in [0.2, 0.25) is 0 Å². The molecule has 1 saturated carbocycles. The van der Waals surface area contributed by atoms with Crippen molar-refractivity contribution in [3.05, 3.63) is 39.8 Å². The molecule has 2 amide bonds. The first-order chi connectivity index (χ1) is 12.2. The molecule has 1 aliphatic heterocycles. The first kappa shape index (κ1) is 16.3. The molecule has 1 aliphatic carbocycles. The molecule has 2 aromatic rings. The van der Waals surface area contributed by atoms with Gasteiger partial charge in [-0.3, -0.25) is 10.1 Å². The van der Waals surface area contributed by atoms with Crippen LogP contribution >= 0.6 is 11.3 Å². The Hall–Kier alpha value is -2.22. The van der Waals surface area contributed by atoms with Gasteiger partial charge in [-0.05, 0) is 37.7 Å². The number of aromatic nitrogens is 3. The summed E-state index contributed by atoms with van der Waals surface area (Å²) in [5.74, 6) is 0.923. The summed E-state index contributed by atoms with van der Waals surface area (Å²) in [7, 11) is 0. The average Bonchev–Trinajstić information content (AvgIpc) is 3.35. The van der Waals surface area contributed by atoms with Gasteiger partial charge in [0.1, 0.15) is 0 Å². The average molecular weight is 359 g/mol. The van der Waals surface area contributed by atoms with Gasteiger partial charge in [0.05, 0.1) is 5.69 Å². The van der Waals surface area contributed by atoms with Crippen LogP contribution in [0.2, 0.25) is 0 Å². The Morgan fingerprint density at radius 2 is 2.04 bits per heavy atom. The molecule has 0 radical (unpaired) electrons. The number of carbonyl (C=O) groups excluding carboxylic acids is 1. The summed E-state index contributed by atoms with van der Waals surface area (Å²) in [6.45, 7) is 2.03. The first-order valence-corrected chi connectivity index (χ1v) is 9.60. The van der Waals surface area contributed by atoms with E-state index in [0.29, 0.717) is 36.6 Å². The second-order valence-corrected chi connectivity index (χ2v) is 7.65. The fourth-order valence-electron chi connectivity index (χ4n) is 3.21. The number of likely N-dealkylation sites (tertiary alicyclic amines) is 1. The van der Waals surface area contributed by atoms with Gasteiger partial charge in [-0.15, -0.1) is 11.3 Å². The second-order valence-electron chi connectivity index (χ2n) is 6.75. The molecule has 0 bridgehead atoms.